The molecule has 98 valence electrons. The lowest BCUT2D eigenvalue weighted by Gasteiger charge is -2.12. The van der Waals surface area contributed by atoms with Gasteiger partial charge in [0.25, 0.3) is 0 Å². The first-order valence-corrected chi connectivity index (χ1v) is 6.58. The Hall–Kier alpha value is -1.94. The maximum atomic E-state index is 5.28. The number of benzene rings is 1. The second-order valence-electron chi connectivity index (χ2n) is 4.40. The van der Waals surface area contributed by atoms with Crippen LogP contribution in [-0.2, 0) is 6.54 Å². The third kappa shape index (κ3) is 3.76. The van der Waals surface area contributed by atoms with Gasteiger partial charge in [0.1, 0.15) is 5.82 Å². The maximum absolute atomic E-state index is 5.28. The molecule has 1 heterocycles. The lowest BCUT2D eigenvalue weighted by Crippen LogP contribution is -2.28. The number of aryl methyl sites for hydroxylation is 2. The molecule has 0 fully saturated rings. The predicted octanol–water partition coefficient (Wildman–Crippen LogP) is 3.19. The highest BCUT2D eigenvalue weighted by atomic mass is 32.1. The SMILES string of the molecule is Cc1ccccc1CNC(=S)Nc1ncccc1C. The quantitative estimate of drug-likeness (QED) is 0.841. The molecule has 0 aliphatic carbocycles. The van der Waals surface area contributed by atoms with E-state index in [1.165, 1.54) is 11.1 Å². The summed E-state index contributed by atoms with van der Waals surface area (Å²) in [7, 11) is 0. The van der Waals surface area contributed by atoms with E-state index in [9.17, 15) is 0 Å². The van der Waals surface area contributed by atoms with Crippen molar-refractivity contribution in [3.8, 4) is 0 Å². The van der Waals surface area contributed by atoms with Crippen LogP contribution < -0.4 is 10.6 Å². The molecule has 1 aromatic heterocycles. The van der Waals surface area contributed by atoms with Crippen molar-refractivity contribution in [2.75, 3.05) is 5.32 Å². The first kappa shape index (κ1) is 13.5. The van der Waals surface area contributed by atoms with Gasteiger partial charge in [-0.1, -0.05) is 30.3 Å². The van der Waals surface area contributed by atoms with Crippen LogP contribution >= 0.6 is 12.2 Å². The van der Waals surface area contributed by atoms with Crippen molar-refractivity contribution >= 4 is 23.1 Å². The van der Waals surface area contributed by atoms with Crippen LogP contribution in [0.2, 0.25) is 0 Å². The average molecular weight is 271 g/mol. The van der Waals surface area contributed by atoms with Crippen molar-refractivity contribution in [1.82, 2.24) is 10.3 Å². The summed E-state index contributed by atoms with van der Waals surface area (Å²) in [6.07, 6.45) is 1.75. The predicted molar refractivity (Wildman–Crippen MR) is 83.2 cm³/mol. The minimum absolute atomic E-state index is 0.588. The second-order valence-corrected chi connectivity index (χ2v) is 4.81. The summed E-state index contributed by atoms with van der Waals surface area (Å²) in [4.78, 5) is 4.25. The molecule has 0 bridgehead atoms. The van der Waals surface area contributed by atoms with Crippen molar-refractivity contribution in [2.24, 2.45) is 0 Å². The largest absolute Gasteiger partial charge is 0.358 e. The number of anilines is 1. The third-order valence-electron chi connectivity index (χ3n) is 2.94. The molecule has 0 amide bonds. The van der Waals surface area contributed by atoms with Gasteiger partial charge in [-0.15, -0.1) is 0 Å². The van der Waals surface area contributed by atoms with E-state index in [-0.39, 0.29) is 0 Å². The van der Waals surface area contributed by atoms with Crippen molar-refractivity contribution in [1.29, 1.82) is 0 Å². The molecule has 0 aliphatic rings. The Labute approximate surface area is 119 Å². The van der Waals surface area contributed by atoms with Crippen molar-refractivity contribution in [3.05, 3.63) is 59.3 Å². The zero-order valence-corrected chi connectivity index (χ0v) is 11.9. The molecule has 0 unspecified atom stereocenters. The summed E-state index contributed by atoms with van der Waals surface area (Å²) < 4.78 is 0. The minimum Gasteiger partial charge on any atom is -0.358 e. The Balaban J connectivity index is 1.92. The molecule has 0 aliphatic heterocycles. The van der Waals surface area contributed by atoms with E-state index in [4.69, 9.17) is 12.2 Å². The molecule has 0 atom stereocenters. The Morgan fingerprint density at radius 3 is 2.58 bits per heavy atom. The van der Waals surface area contributed by atoms with Crippen molar-refractivity contribution in [2.45, 2.75) is 20.4 Å². The number of nitrogens with one attached hydrogen (secondary N) is 2. The first-order valence-electron chi connectivity index (χ1n) is 6.18. The van der Waals surface area contributed by atoms with Gasteiger partial charge in [-0.2, -0.15) is 0 Å². The van der Waals surface area contributed by atoms with Crippen LogP contribution in [0.5, 0.6) is 0 Å². The fourth-order valence-corrected chi connectivity index (χ4v) is 1.92. The van der Waals surface area contributed by atoms with E-state index in [2.05, 4.69) is 34.7 Å². The van der Waals surface area contributed by atoms with Crippen LogP contribution in [-0.4, -0.2) is 10.1 Å². The molecule has 4 heteroatoms. The van der Waals surface area contributed by atoms with Gasteiger partial charge in [0.15, 0.2) is 5.11 Å². The second kappa shape index (κ2) is 6.29. The normalized spacial score (nSPS) is 10.0. The Morgan fingerprint density at radius 2 is 1.84 bits per heavy atom. The molecule has 19 heavy (non-hydrogen) atoms. The average Bonchev–Trinajstić information content (AvgIpc) is 2.40. The number of nitrogens with zero attached hydrogens (tertiary/aromatic N) is 1. The van der Waals surface area contributed by atoms with Gasteiger partial charge in [-0.25, -0.2) is 4.98 Å². The third-order valence-corrected chi connectivity index (χ3v) is 3.19. The molecule has 1 aromatic carbocycles. The lowest BCUT2D eigenvalue weighted by molar-refractivity contribution is 0.914. The van der Waals surface area contributed by atoms with Gasteiger partial charge in [-0.3, -0.25) is 0 Å². The number of pyridine rings is 1. The number of thiocarbonyl (C=S) groups is 1. The van der Waals surface area contributed by atoms with Crippen molar-refractivity contribution < 1.29 is 0 Å². The molecule has 2 N–H and O–H groups in total. The summed E-state index contributed by atoms with van der Waals surface area (Å²) in [5.41, 5.74) is 3.57. The van der Waals surface area contributed by atoms with E-state index in [1.807, 2.05) is 31.2 Å². The molecule has 2 rings (SSSR count). The molecule has 0 saturated carbocycles. The number of hydrogen-bond acceptors (Lipinski definition) is 2. The standard InChI is InChI=1S/C15H17N3S/c1-11-6-3-4-8-13(11)10-17-15(19)18-14-12(2)7-5-9-16-14/h3-9H,10H2,1-2H3,(H2,16,17,18,19). The van der Waals surface area contributed by atoms with Crippen LogP contribution in [0.25, 0.3) is 0 Å². The highest BCUT2D eigenvalue weighted by molar-refractivity contribution is 7.80. The van der Waals surface area contributed by atoms with Gasteiger partial charge in [0.2, 0.25) is 0 Å². The van der Waals surface area contributed by atoms with E-state index in [0.29, 0.717) is 11.7 Å². The zero-order valence-electron chi connectivity index (χ0n) is 11.1. The zero-order chi connectivity index (χ0) is 13.7. The van der Waals surface area contributed by atoms with Gasteiger partial charge in [0, 0.05) is 12.7 Å². The highest BCUT2D eigenvalue weighted by Crippen LogP contribution is 2.09. The summed E-state index contributed by atoms with van der Waals surface area (Å²) in [6, 6.07) is 12.2. The number of hydrogen-bond donors (Lipinski definition) is 2. The monoisotopic (exact) mass is 271 g/mol. The first-order chi connectivity index (χ1) is 9.16. The molecule has 0 radical (unpaired) electrons. The molecule has 0 saturated heterocycles. The van der Waals surface area contributed by atoms with Gasteiger partial charge in [0.05, 0.1) is 0 Å². The molecular formula is C15H17N3S. The van der Waals surface area contributed by atoms with Gasteiger partial charge in [-0.05, 0) is 48.8 Å². The van der Waals surface area contributed by atoms with Gasteiger partial charge >= 0.3 is 0 Å². The maximum Gasteiger partial charge on any atom is 0.172 e. The summed E-state index contributed by atoms with van der Waals surface area (Å²) in [6.45, 7) is 4.81. The van der Waals surface area contributed by atoms with E-state index in [1.54, 1.807) is 6.20 Å². The topological polar surface area (TPSA) is 37.0 Å². The molecular weight excluding hydrogens is 254 g/mol. The smallest absolute Gasteiger partial charge is 0.172 e. The number of aromatic nitrogens is 1. The molecule has 3 nitrogen and oxygen atoms in total. The Bertz CT molecular complexity index is 581. The van der Waals surface area contributed by atoms with Gasteiger partial charge < -0.3 is 10.6 Å². The summed E-state index contributed by atoms with van der Waals surface area (Å²) in [5, 5.41) is 6.89. The minimum atomic E-state index is 0.588. The fourth-order valence-electron chi connectivity index (χ4n) is 1.75. The van der Waals surface area contributed by atoms with Crippen LogP contribution in [0.3, 0.4) is 0 Å². The summed E-state index contributed by atoms with van der Waals surface area (Å²) in [5.74, 6) is 0.796. The van der Waals surface area contributed by atoms with Crippen molar-refractivity contribution in [3.63, 3.8) is 0 Å². The summed E-state index contributed by atoms with van der Waals surface area (Å²) >= 11 is 5.28. The Kier molecular flexibility index (Phi) is 4.47. The molecule has 2 aromatic rings. The van der Waals surface area contributed by atoms with Crippen LogP contribution in [0.4, 0.5) is 5.82 Å². The fraction of sp³-hybridized carbons (Fsp3) is 0.200. The van der Waals surface area contributed by atoms with E-state index >= 15 is 0 Å². The van der Waals surface area contributed by atoms with Crippen LogP contribution in [0.15, 0.2) is 42.6 Å². The molecule has 0 spiro atoms. The number of rotatable bonds is 3. The van der Waals surface area contributed by atoms with E-state index in [0.717, 1.165) is 11.4 Å². The van der Waals surface area contributed by atoms with Crippen LogP contribution in [0, 0.1) is 13.8 Å². The lowest BCUT2D eigenvalue weighted by atomic mass is 10.1. The Morgan fingerprint density at radius 1 is 1.11 bits per heavy atom. The van der Waals surface area contributed by atoms with Crippen LogP contribution in [0.1, 0.15) is 16.7 Å². The van der Waals surface area contributed by atoms with E-state index < -0.39 is 0 Å². The highest BCUT2D eigenvalue weighted by Gasteiger charge is 2.02.